The predicted octanol–water partition coefficient (Wildman–Crippen LogP) is 6.26. The largest absolute Gasteiger partial charge is 0.293 e. The highest BCUT2D eigenvalue weighted by Crippen LogP contribution is 2.37. The molecule has 0 saturated carbocycles. The van der Waals surface area contributed by atoms with Crippen LogP contribution in [0.5, 0.6) is 0 Å². The third-order valence-corrected chi connectivity index (χ3v) is 6.00. The number of piperidine rings is 1. The first-order valence-corrected chi connectivity index (χ1v) is 9.66. The fourth-order valence-electron chi connectivity index (χ4n) is 4.16. The SMILES string of the molecule is CC(C)c1cccc(C(C)N2CCC(C(C)C)CC2C(C)C)c1. The molecule has 1 aromatic carbocycles. The zero-order chi connectivity index (χ0) is 17.1. The summed E-state index contributed by atoms with van der Waals surface area (Å²) in [6, 6.07) is 10.5. The van der Waals surface area contributed by atoms with Gasteiger partial charge < -0.3 is 0 Å². The average Bonchev–Trinajstić information content (AvgIpc) is 2.53. The van der Waals surface area contributed by atoms with Gasteiger partial charge in [0, 0.05) is 12.1 Å². The van der Waals surface area contributed by atoms with Crippen LogP contribution >= 0.6 is 0 Å². The smallest absolute Gasteiger partial charge is 0.0323 e. The number of nitrogens with zero attached hydrogens (tertiary/aromatic N) is 1. The van der Waals surface area contributed by atoms with Crippen LogP contribution in [0, 0.1) is 17.8 Å². The molecule has 3 atom stereocenters. The number of benzene rings is 1. The molecule has 0 spiro atoms. The Hall–Kier alpha value is -0.820. The Morgan fingerprint density at radius 3 is 2.13 bits per heavy atom. The molecule has 1 aliphatic rings. The van der Waals surface area contributed by atoms with Gasteiger partial charge in [-0.15, -0.1) is 0 Å². The van der Waals surface area contributed by atoms with Crippen molar-refractivity contribution in [2.75, 3.05) is 6.54 Å². The summed E-state index contributed by atoms with van der Waals surface area (Å²) in [4.78, 5) is 2.78. The third-order valence-electron chi connectivity index (χ3n) is 6.00. The Bertz CT molecular complexity index is 489. The second-order valence-corrected chi connectivity index (χ2v) is 8.58. The third kappa shape index (κ3) is 4.38. The van der Waals surface area contributed by atoms with Gasteiger partial charge in [0.15, 0.2) is 0 Å². The normalized spacial score (nSPS) is 24.6. The maximum Gasteiger partial charge on any atom is 0.0323 e. The molecule has 1 aromatic rings. The van der Waals surface area contributed by atoms with Crippen molar-refractivity contribution in [1.82, 2.24) is 4.90 Å². The van der Waals surface area contributed by atoms with E-state index in [0.717, 1.165) is 17.8 Å². The van der Waals surface area contributed by atoms with Crippen molar-refractivity contribution in [2.24, 2.45) is 17.8 Å². The van der Waals surface area contributed by atoms with Gasteiger partial charge in [-0.25, -0.2) is 0 Å². The van der Waals surface area contributed by atoms with E-state index in [4.69, 9.17) is 0 Å². The van der Waals surface area contributed by atoms with Crippen LogP contribution in [0.3, 0.4) is 0 Å². The Morgan fingerprint density at radius 2 is 1.57 bits per heavy atom. The maximum absolute atomic E-state index is 2.78. The van der Waals surface area contributed by atoms with E-state index < -0.39 is 0 Å². The van der Waals surface area contributed by atoms with Crippen molar-refractivity contribution in [3.8, 4) is 0 Å². The lowest BCUT2D eigenvalue weighted by atomic mass is 9.78. The van der Waals surface area contributed by atoms with Crippen molar-refractivity contribution in [2.45, 2.75) is 79.3 Å². The molecule has 1 fully saturated rings. The molecule has 0 radical (unpaired) electrons. The highest BCUT2D eigenvalue weighted by Gasteiger charge is 2.34. The Kier molecular flexibility index (Phi) is 6.31. The second-order valence-electron chi connectivity index (χ2n) is 8.58. The van der Waals surface area contributed by atoms with E-state index >= 15 is 0 Å². The molecule has 130 valence electrons. The molecule has 23 heavy (non-hydrogen) atoms. The minimum absolute atomic E-state index is 0.522. The molecule has 0 aromatic heterocycles. The zero-order valence-corrected chi connectivity index (χ0v) is 16.3. The molecule has 3 unspecified atom stereocenters. The zero-order valence-electron chi connectivity index (χ0n) is 16.3. The second kappa shape index (κ2) is 7.83. The summed E-state index contributed by atoms with van der Waals surface area (Å²) < 4.78 is 0. The first kappa shape index (κ1) is 18.5. The van der Waals surface area contributed by atoms with E-state index in [1.165, 1.54) is 30.5 Å². The number of likely N-dealkylation sites (tertiary alicyclic amines) is 1. The Morgan fingerprint density at radius 1 is 0.913 bits per heavy atom. The van der Waals surface area contributed by atoms with Crippen molar-refractivity contribution >= 4 is 0 Å². The van der Waals surface area contributed by atoms with Crippen molar-refractivity contribution < 1.29 is 0 Å². The van der Waals surface area contributed by atoms with Gasteiger partial charge in [-0.3, -0.25) is 4.90 Å². The van der Waals surface area contributed by atoms with E-state index in [2.05, 4.69) is 77.6 Å². The van der Waals surface area contributed by atoms with Crippen molar-refractivity contribution in [3.63, 3.8) is 0 Å². The van der Waals surface area contributed by atoms with Gasteiger partial charge in [0.1, 0.15) is 0 Å². The molecule has 1 heteroatoms. The van der Waals surface area contributed by atoms with Gasteiger partial charge in [0.25, 0.3) is 0 Å². The van der Waals surface area contributed by atoms with Crippen LogP contribution in [0.2, 0.25) is 0 Å². The van der Waals surface area contributed by atoms with Gasteiger partial charge in [0.05, 0.1) is 0 Å². The molecule has 1 nitrogen and oxygen atoms in total. The standard InChI is InChI=1S/C22H37N/c1-15(2)19-9-8-10-21(13-19)18(7)23-12-11-20(16(3)4)14-22(23)17(5)6/h8-10,13,15-18,20,22H,11-12,14H2,1-7H3. The topological polar surface area (TPSA) is 3.24 Å². The minimum atomic E-state index is 0.522. The van der Waals surface area contributed by atoms with Crippen molar-refractivity contribution in [3.05, 3.63) is 35.4 Å². The molecule has 2 rings (SSSR count). The van der Waals surface area contributed by atoms with Gasteiger partial charge >= 0.3 is 0 Å². The summed E-state index contributed by atoms with van der Waals surface area (Å²) in [5.41, 5.74) is 2.96. The van der Waals surface area contributed by atoms with Gasteiger partial charge in [0.2, 0.25) is 0 Å². The average molecular weight is 316 g/mol. The number of rotatable bonds is 5. The molecule has 1 saturated heterocycles. The van der Waals surface area contributed by atoms with Gasteiger partial charge in [-0.1, -0.05) is 65.8 Å². The van der Waals surface area contributed by atoms with E-state index in [9.17, 15) is 0 Å². The van der Waals surface area contributed by atoms with Crippen molar-refractivity contribution in [1.29, 1.82) is 0 Å². The van der Waals surface area contributed by atoms with Crippen LogP contribution in [0.4, 0.5) is 0 Å². The summed E-state index contributed by atoms with van der Waals surface area (Å²) in [5.74, 6) is 3.05. The monoisotopic (exact) mass is 315 g/mol. The van der Waals surface area contributed by atoms with Gasteiger partial charge in [-0.05, 0) is 61.1 Å². The number of hydrogen-bond acceptors (Lipinski definition) is 1. The summed E-state index contributed by atoms with van der Waals surface area (Å²) >= 11 is 0. The summed E-state index contributed by atoms with van der Waals surface area (Å²) in [5, 5.41) is 0. The Balaban J connectivity index is 2.20. The van der Waals surface area contributed by atoms with Crippen LogP contribution in [-0.2, 0) is 0 Å². The molecule has 1 heterocycles. The maximum atomic E-state index is 2.78. The van der Waals surface area contributed by atoms with E-state index in [1.54, 1.807) is 0 Å². The summed E-state index contributed by atoms with van der Waals surface area (Å²) in [6.45, 7) is 17.8. The lowest BCUT2D eigenvalue weighted by molar-refractivity contribution is 0.0348. The van der Waals surface area contributed by atoms with Crippen LogP contribution in [0.15, 0.2) is 24.3 Å². The first-order valence-electron chi connectivity index (χ1n) is 9.66. The number of hydrogen-bond donors (Lipinski definition) is 0. The first-order chi connectivity index (χ1) is 10.8. The van der Waals surface area contributed by atoms with E-state index in [0.29, 0.717) is 18.0 Å². The van der Waals surface area contributed by atoms with Crippen LogP contribution in [0.1, 0.15) is 84.4 Å². The van der Waals surface area contributed by atoms with E-state index in [-0.39, 0.29) is 0 Å². The minimum Gasteiger partial charge on any atom is -0.293 e. The highest BCUT2D eigenvalue weighted by molar-refractivity contribution is 5.28. The lowest BCUT2D eigenvalue weighted by Gasteiger charge is -2.46. The molecule has 0 aliphatic carbocycles. The molecule has 0 N–H and O–H groups in total. The summed E-state index contributed by atoms with van der Waals surface area (Å²) in [7, 11) is 0. The fraction of sp³-hybridized carbons (Fsp3) is 0.727. The molecule has 1 aliphatic heterocycles. The molecular formula is C22H37N. The van der Waals surface area contributed by atoms with Crippen LogP contribution in [0.25, 0.3) is 0 Å². The molecular weight excluding hydrogens is 278 g/mol. The molecule has 0 bridgehead atoms. The van der Waals surface area contributed by atoms with Crippen LogP contribution < -0.4 is 0 Å². The highest BCUT2D eigenvalue weighted by atomic mass is 15.2. The van der Waals surface area contributed by atoms with Crippen LogP contribution in [-0.4, -0.2) is 17.5 Å². The quantitative estimate of drug-likeness (QED) is 0.619. The predicted molar refractivity (Wildman–Crippen MR) is 102 cm³/mol. The van der Waals surface area contributed by atoms with Gasteiger partial charge in [-0.2, -0.15) is 0 Å². The van der Waals surface area contributed by atoms with E-state index in [1.807, 2.05) is 0 Å². The Labute approximate surface area is 144 Å². The molecule has 0 amide bonds. The fourth-order valence-corrected chi connectivity index (χ4v) is 4.16. The lowest BCUT2D eigenvalue weighted by Crippen LogP contribution is -2.47. The summed E-state index contributed by atoms with van der Waals surface area (Å²) in [6.07, 6.45) is 2.72.